The second kappa shape index (κ2) is 5.03. The Labute approximate surface area is 85.7 Å². The average Bonchev–Trinajstić information content (AvgIpc) is 2.62. The monoisotopic (exact) mass is 197 g/mol. The number of hydrogen-bond acceptors (Lipinski definition) is 3. The Balaban J connectivity index is 2.28. The largest absolute Gasteiger partial charge is 0.465 e. The van der Waals surface area contributed by atoms with Crippen LogP contribution >= 0.6 is 0 Å². The highest BCUT2D eigenvalue weighted by Crippen LogP contribution is 2.17. The van der Waals surface area contributed by atoms with E-state index in [-0.39, 0.29) is 11.9 Å². The number of carbonyl (C=O) groups excluding carboxylic acids is 1. The quantitative estimate of drug-likeness (QED) is 0.642. The lowest BCUT2D eigenvalue weighted by Gasteiger charge is -2.13. The van der Waals surface area contributed by atoms with Crippen molar-refractivity contribution in [2.45, 2.75) is 20.3 Å². The van der Waals surface area contributed by atoms with Crippen molar-refractivity contribution in [3.05, 3.63) is 12.8 Å². The molecule has 1 rings (SSSR count). The first-order valence-corrected chi connectivity index (χ1v) is 5.16. The highest BCUT2D eigenvalue weighted by Gasteiger charge is 2.27. The number of hydrogen-bond donors (Lipinski definition) is 0. The van der Waals surface area contributed by atoms with Crippen LogP contribution in [0, 0.1) is 11.8 Å². The Morgan fingerprint density at radius 2 is 2.43 bits per heavy atom. The maximum absolute atomic E-state index is 11.5. The highest BCUT2D eigenvalue weighted by atomic mass is 16.5. The van der Waals surface area contributed by atoms with Crippen LogP contribution < -0.4 is 0 Å². The predicted octanol–water partition coefficient (Wildman–Crippen LogP) is 1.65. The minimum absolute atomic E-state index is 0.0479. The topological polar surface area (TPSA) is 29.5 Å². The maximum atomic E-state index is 11.5. The molecule has 1 saturated heterocycles. The molecule has 1 fully saturated rings. The predicted molar refractivity (Wildman–Crippen MR) is 55.7 cm³/mol. The van der Waals surface area contributed by atoms with Crippen LogP contribution in [0.1, 0.15) is 20.3 Å². The first-order valence-electron chi connectivity index (χ1n) is 5.16. The number of carbonyl (C=O) groups is 1. The molecular formula is C11H19NO2. The molecule has 0 amide bonds. The Bertz CT molecular complexity index is 213. The van der Waals surface area contributed by atoms with E-state index < -0.39 is 0 Å². The zero-order chi connectivity index (χ0) is 10.6. The lowest BCUT2D eigenvalue weighted by molar-refractivity contribution is -0.149. The van der Waals surface area contributed by atoms with Crippen molar-refractivity contribution in [1.29, 1.82) is 0 Å². The van der Waals surface area contributed by atoms with Crippen LogP contribution in [-0.4, -0.2) is 30.6 Å². The van der Waals surface area contributed by atoms with E-state index in [0.717, 1.165) is 19.5 Å². The summed E-state index contributed by atoms with van der Waals surface area (Å²) in [6.45, 7) is 9.98. The summed E-state index contributed by atoms with van der Waals surface area (Å²) < 4.78 is 5.18. The first-order chi connectivity index (χ1) is 6.63. The molecule has 0 saturated carbocycles. The standard InChI is InChI=1S/C11H19NO2/c1-4-12-6-5-10(7-12)11(13)14-8-9(2)3/h4,9-10H,1,5-8H2,2-3H3. The number of rotatable bonds is 4. The maximum Gasteiger partial charge on any atom is 0.310 e. The third-order valence-electron chi connectivity index (χ3n) is 2.37. The summed E-state index contributed by atoms with van der Waals surface area (Å²) in [6, 6.07) is 0. The van der Waals surface area contributed by atoms with Crippen molar-refractivity contribution >= 4 is 5.97 Å². The van der Waals surface area contributed by atoms with Crippen molar-refractivity contribution < 1.29 is 9.53 Å². The second-order valence-electron chi connectivity index (χ2n) is 4.19. The summed E-state index contributed by atoms with van der Waals surface area (Å²) >= 11 is 0. The van der Waals surface area contributed by atoms with Gasteiger partial charge in [-0.1, -0.05) is 20.4 Å². The van der Waals surface area contributed by atoms with E-state index >= 15 is 0 Å². The Morgan fingerprint density at radius 1 is 1.71 bits per heavy atom. The third kappa shape index (κ3) is 3.05. The zero-order valence-corrected chi connectivity index (χ0v) is 9.03. The fraction of sp³-hybridized carbons (Fsp3) is 0.727. The van der Waals surface area contributed by atoms with Gasteiger partial charge in [0.2, 0.25) is 0 Å². The van der Waals surface area contributed by atoms with E-state index in [1.54, 1.807) is 6.20 Å². The van der Waals surface area contributed by atoms with Crippen LogP contribution in [0.2, 0.25) is 0 Å². The Kier molecular flexibility index (Phi) is 3.98. The average molecular weight is 197 g/mol. The number of ether oxygens (including phenoxy) is 1. The minimum atomic E-state index is -0.0527. The highest BCUT2D eigenvalue weighted by molar-refractivity contribution is 5.73. The van der Waals surface area contributed by atoms with Crippen LogP contribution in [0.5, 0.6) is 0 Å². The molecule has 0 bridgehead atoms. The van der Waals surface area contributed by atoms with Gasteiger partial charge in [-0.25, -0.2) is 0 Å². The molecule has 14 heavy (non-hydrogen) atoms. The van der Waals surface area contributed by atoms with E-state index in [1.807, 2.05) is 13.8 Å². The van der Waals surface area contributed by atoms with Crippen LogP contribution in [0.3, 0.4) is 0 Å². The van der Waals surface area contributed by atoms with Crippen LogP contribution in [-0.2, 0) is 9.53 Å². The molecule has 1 aliphatic rings. The summed E-state index contributed by atoms with van der Waals surface area (Å²) in [6.07, 6.45) is 2.68. The van der Waals surface area contributed by atoms with E-state index in [0.29, 0.717) is 12.5 Å². The Morgan fingerprint density at radius 3 is 2.93 bits per heavy atom. The molecule has 0 N–H and O–H groups in total. The smallest absolute Gasteiger partial charge is 0.310 e. The Hall–Kier alpha value is -0.990. The van der Waals surface area contributed by atoms with Gasteiger partial charge in [0, 0.05) is 13.1 Å². The molecule has 0 aromatic heterocycles. The molecule has 1 heterocycles. The summed E-state index contributed by atoms with van der Waals surface area (Å²) in [5, 5.41) is 0. The molecule has 80 valence electrons. The van der Waals surface area contributed by atoms with Gasteiger partial charge < -0.3 is 9.64 Å². The first kappa shape index (κ1) is 11.1. The van der Waals surface area contributed by atoms with Gasteiger partial charge in [0.05, 0.1) is 12.5 Å². The van der Waals surface area contributed by atoms with Crippen molar-refractivity contribution in [3.63, 3.8) is 0 Å². The molecule has 1 atom stereocenters. The van der Waals surface area contributed by atoms with E-state index in [1.165, 1.54) is 0 Å². The molecule has 0 spiro atoms. The van der Waals surface area contributed by atoms with Gasteiger partial charge in [-0.15, -0.1) is 0 Å². The minimum Gasteiger partial charge on any atom is -0.465 e. The van der Waals surface area contributed by atoms with Gasteiger partial charge in [0.15, 0.2) is 0 Å². The third-order valence-corrected chi connectivity index (χ3v) is 2.37. The molecule has 0 radical (unpaired) electrons. The van der Waals surface area contributed by atoms with Crippen LogP contribution in [0.25, 0.3) is 0 Å². The molecule has 3 nitrogen and oxygen atoms in total. The lowest BCUT2D eigenvalue weighted by Crippen LogP contribution is -2.22. The zero-order valence-electron chi connectivity index (χ0n) is 9.03. The fourth-order valence-electron chi connectivity index (χ4n) is 1.51. The van der Waals surface area contributed by atoms with Gasteiger partial charge in [0.25, 0.3) is 0 Å². The molecule has 1 unspecified atom stereocenters. The molecule has 3 heteroatoms. The summed E-state index contributed by atoms with van der Waals surface area (Å²) in [4.78, 5) is 13.6. The molecule has 0 aromatic rings. The van der Waals surface area contributed by atoms with Crippen LogP contribution in [0.4, 0.5) is 0 Å². The molecule has 0 aliphatic carbocycles. The summed E-state index contributed by atoms with van der Waals surface area (Å²) in [5.41, 5.74) is 0. The van der Waals surface area contributed by atoms with E-state index in [9.17, 15) is 4.79 Å². The van der Waals surface area contributed by atoms with E-state index in [4.69, 9.17) is 4.74 Å². The lowest BCUT2D eigenvalue weighted by atomic mass is 10.1. The van der Waals surface area contributed by atoms with Crippen molar-refractivity contribution in [2.24, 2.45) is 11.8 Å². The fourth-order valence-corrected chi connectivity index (χ4v) is 1.51. The summed E-state index contributed by atoms with van der Waals surface area (Å²) in [7, 11) is 0. The second-order valence-corrected chi connectivity index (χ2v) is 4.19. The van der Waals surface area contributed by atoms with Gasteiger partial charge >= 0.3 is 5.97 Å². The SMILES string of the molecule is C=CN1CCC(C(=O)OCC(C)C)C1. The normalized spacial score (nSPS) is 21.4. The molecular weight excluding hydrogens is 178 g/mol. The summed E-state index contributed by atoms with van der Waals surface area (Å²) in [5.74, 6) is 0.408. The van der Waals surface area contributed by atoms with Gasteiger partial charge in [-0.05, 0) is 18.5 Å². The number of esters is 1. The van der Waals surface area contributed by atoms with Crippen molar-refractivity contribution in [1.82, 2.24) is 4.90 Å². The van der Waals surface area contributed by atoms with Crippen molar-refractivity contribution in [3.8, 4) is 0 Å². The number of likely N-dealkylation sites (tertiary alicyclic amines) is 1. The molecule has 0 aromatic carbocycles. The van der Waals surface area contributed by atoms with Gasteiger partial charge in [0.1, 0.15) is 0 Å². The number of nitrogens with zero attached hydrogens (tertiary/aromatic N) is 1. The van der Waals surface area contributed by atoms with E-state index in [2.05, 4.69) is 11.5 Å². The van der Waals surface area contributed by atoms with Crippen molar-refractivity contribution in [2.75, 3.05) is 19.7 Å². The van der Waals surface area contributed by atoms with Gasteiger partial charge in [-0.2, -0.15) is 0 Å². The van der Waals surface area contributed by atoms with Gasteiger partial charge in [-0.3, -0.25) is 4.79 Å². The van der Waals surface area contributed by atoms with Crippen LogP contribution in [0.15, 0.2) is 12.8 Å². The molecule has 1 aliphatic heterocycles.